The summed E-state index contributed by atoms with van der Waals surface area (Å²) < 4.78 is 0. The van der Waals surface area contributed by atoms with Crippen LogP contribution in [0.4, 0.5) is 5.69 Å². The van der Waals surface area contributed by atoms with Crippen molar-refractivity contribution in [2.75, 3.05) is 25.9 Å². The molecule has 0 aliphatic carbocycles. The summed E-state index contributed by atoms with van der Waals surface area (Å²) in [6.45, 7) is 2.51. The lowest BCUT2D eigenvalue weighted by atomic mass is 10.1. The number of likely N-dealkylation sites (N-methyl/N-ethyl adjacent to an activating group) is 1. The first kappa shape index (κ1) is 30.6. The molecular weight excluding hydrogens is 540 g/mol. The van der Waals surface area contributed by atoms with Crippen LogP contribution in [0.3, 0.4) is 0 Å². The smallest absolute Gasteiger partial charge is 0.246 e. The molecule has 39 heavy (non-hydrogen) atoms. The zero-order chi connectivity index (χ0) is 28.5. The molecule has 3 atom stereocenters. The van der Waals surface area contributed by atoms with Gasteiger partial charge in [0.1, 0.15) is 17.1 Å². The fourth-order valence-corrected chi connectivity index (χ4v) is 5.71. The summed E-state index contributed by atoms with van der Waals surface area (Å²) in [5.74, 6) is -1.19. The highest BCUT2D eigenvalue weighted by molar-refractivity contribution is 7.99. The number of benzene rings is 1. The number of aromatic nitrogens is 1. The minimum Gasteiger partial charge on any atom is -0.398 e. The van der Waals surface area contributed by atoms with Crippen LogP contribution in [0, 0.1) is 0 Å². The van der Waals surface area contributed by atoms with Gasteiger partial charge in [-0.3, -0.25) is 14.4 Å². The predicted octanol–water partition coefficient (Wildman–Crippen LogP) is 0.976. The van der Waals surface area contributed by atoms with Gasteiger partial charge < -0.3 is 38.1 Å². The highest BCUT2D eigenvalue weighted by Crippen LogP contribution is 2.39. The lowest BCUT2D eigenvalue weighted by molar-refractivity contribution is -0.142. The molecule has 2 heterocycles. The fraction of sp³-hybridized carbons (Fsp3) is 0.462. The number of carbonyl (C=O) groups excluding carboxylic acids is 3. The van der Waals surface area contributed by atoms with Gasteiger partial charge >= 0.3 is 0 Å². The minimum atomic E-state index is -0.998. The number of anilines is 1. The molecule has 11 nitrogen and oxygen atoms in total. The quantitative estimate of drug-likeness (QED) is 0.283. The molecule has 0 radical (unpaired) electrons. The van der Waals surface area contributed by atoms with Crippen LogP contribution in [0.5, 0.6) is 0 Å². The number of rotatable bonds is 5. The van der Waals surface area contributed by atoms with Crippen LogP contribution in [0.15, 0.2) is 40.4 Å². The van der Waals surface area contributed by atoms with Crippen LogP contribution in [-0.2, 0) is 27.5 Å². The number of nitrogens with one attached hydrogen (secondary N) is 3. The molecule has 1 aromatic carbocycles. The summed E-state index contributed by atoms with van der Waals surface area (Å²) in [4.78, 5) is 46.4. The topological polar surface area (TPSA) is 181 Å². The largest absolute Gasteiger partial charge is 0.398 e. The predicted molar refractivity (Wildman–Crippen MR) is 153 cm³/mol. The van der Waals surface area contributed by atoms with Crippen LogP contribution in [0.25, 0.3) is 0 Å². The molecule has 0 saturated heterocycles. The van der Waals surface area contributed by atoms with Crippen molar-refractivity contribution in [2.24, 2.45) is 11.5 Å². The molecule has 0 saturated carbocycles. The number of amides is 3. The molecule has 0 spiro atoms. The second kappa shape index (κ2) is 14.5. The third kappa shape index (κ3) is 7.61. The van der Waals surface area contributed by atoms with Crippen LogP contribution >= 0.6 is 23.4 Å². The first-order chi connectivity index (χ1) is 18.7. The standard InChI is InChI=1S/C26H37ClN8O3S/c1-3-21-24(37)33-14-16-18(30)9-8-17(27)22(16)39-25-15(6-5-11-31-25)13-32-19(7-4-10-28)23(36)34-20(12-29)26(38)35(21)2/h5-6,8-9,11,19-21,32H,3-4,7,10,12-14,28-30H2,1-2H3,(H,33,37)(H,34,36)/t19-,20-,21-/m0/s1. The number of halogens is 1. The first-order valence-corrected chi connectivity index (χ1v) is 14.1. The molecule has 9 N–H and O–H groups in total. The van der Waals surface area contributed by atoms with Gasteiger partial charge in [-0.25, -0.2) is 4.98 Å². The van der Waals surface area contributed by atoms with E-state index in [1.165, 1.54) is 23.7 Å². The van der Waals surface area contributed by atoms with Crippen molar-refractivity contribution in [1.82, 2.24) is 25.8 Å². The van der Waals surface area contributed by atoms with Crippen molar-refractivity contribution in [1.29, 1.82) is 0 Å². The molecule has 1 aromatic heterocycles. The molecule has 3 rings (SSSR count). The Morgan fingerprint density at radius 1 is 1.13 bits per heavy atom. The van der Waals surface area contributed by atoms with Crippen molar-refractivity contribution < 1.29 is 14.4 Å². The summed E-state index contributed by atoms with van der Waals surface area (Å²) in [6.07, 6.45) is 3.08. The van der Waals surface area contributed by atoms with E-state index in [0.717, 1.165) is 5.56 Å². The molecule has 3 amide bonds. The second-order valence-corrected chi connectivity index (χ2v) is 10.7. The highest BCUT2D eigenvalue weighted by atomic mass is 35.5. The Bertz CT molecular complexity index is 1180. The molecule has 0 fully saturated rings. The lowest BCUT2D eigenvalue weighted by Crippen LogP contribution is -2.58. The zero-order valence-electron chi connectivity index (χ0n) is 22.2. The summed E-state index contributed by atoms with van der Waals surface area (Å²) in [5, 5.41) is 10.1. The first-order valence-electron chi connectivity index (χ1n) is 12.9. The number of pyridine rings is 1. The third-order valence-electron chi connectivity index (χ3n) is 6.64. The Hall–Kier alpha value is -2.90. The Kier molecular flexibility index (Phi) is 11.4. The summed E-state index contributed by atoms with van der Waals surface area (Å²) in [7, 11) is 1.53. The Morgan fingerprint density at radius 2 is 1.90 bits per heavy atom. The van der Waals surface area contributed by atoms with Gasteiger partial charge in [-0.1, -0.05) is 36.4 Å². The molecule has 0 bridgehead atoms. The van der Waals surface area contributed by atoms with Gasteiger partial charge in [0.2, 0.25) is 17.7 Å². The van der Waals surface area contributed by atoms with Crippen LogP contribution in [0.2, 0.25) is 5.02 Å². The van der Waals surface area contributed by atoms with Crippen LogP contribution < -0.4 is 33.2 Å². The Labute approximate surface area is 238 Å². The minimum absolute atomic E-state index is 0.102. The number of carbonyl (C=O) groups is 3. The van der Waals surface area contributed by atoms with Crippen LogP contribution in [0.1, 0.15) is 37.3 Å². The Morgan fingerprint density at radius 3 is 2.59 bits per heavy atom. The van der Waals surface area contributed by atoms with Gasteiger partial charge in [-0.15, -0.1) is 0 Å². The molecule has 1 aliphatic heterocycles. The van der Waals surface area contributed by atoms with Crippen molar-refractivity contribution in [3.05, 3.63) is 46.6 Å². The number of nitrogen functional groups attached to an aromatic ring is 1. The number of hydrogen-bond donors (Lipinski definition) is 6. The van der Waals surface area contributed by atoms with Crippen molar-refractivity contribution >= 4 is 46.8 Å². The lowest BCUT2D eigenvalue weighted by Gasteiger charge is -2.30. The molecule has 0 unspecified atom stereocenters. The van der Waals surface area contributed by atoms with Gasteiger partial charge in [0.15, 0.2) is 0 Å². The Balaban J connectivity index is 2.07. The van der Waals surface area contributed by atoms with E-state index in [9.17, 15) is 14.4 Å². The summed E-state index contributed by atoms with van der Waals surface area (Å²) >= 11 is 7.94. The number of hydrogen-bond acceptors (Lipinski definition) is 9. The van der Waals surface area contributed by atoms with Crippen molar-refractivity contribution in [2.45, 2.75) is 67.3 Å². The molecule has 2 aromatic rings. The van der Waals surface area contributed by atoms with E-state index in [2.05, 4.69) is 20.9 Å². The van der Waals surface area contributed by atoms with Gasteiger partial charge in [-0.05, 0) is 49.6 Å². The SMILES string of the molecule is CC[C@H]1C(=O)NCc2c(N)ccc(Cl)c2Sc2ncccc2CN[C@@H](CCCN)C(=O)N[C@@H](CN)C(=O)N1C. The number of fused-ring (bicyclic) bond motifs is 2. The maximum Gasteiger partial charge on any atom is 0.246 e. The summed E-state index contributed by atoms with van der Waals surface area (Å²) in [6, 6.07) is 4.69. The second-order valence-electron chi connectivity index (χ2n) is 9.27. The zero-order valence-corrected chi connectivity index (χ0v) is 23.8. The van der Waals surface area contributed by atoms with Crippen molar-refractivity contribution in [3.8, 4) is 0 Å². The van der Waals surface area contributed by atoms with E-state index in [4.69, 9.17) is 28.8 Å². The average Bonchev–Trinajstić information content (AvgIpc) is 2.93. The number of nitrogens with zero attached hydrogens (tertiary/aromatic N) is 2. The van der Waals surface area contributed by atoms with Crippen molar-refractivity contribution in [3.63, 3.8) is 0 Å². The van der Waals surface area contributed by atoms with E-state index in [1.54, 1.807) is 25.3 Å². The molecule has 1 aliphatic rings. The van der Waals surface area contributed by atoms with E-state index in [-0.39, 0.29) is 24.9 Å². The molecule has 13 heteroatoms. The van der Waals surface area contributed by atoms with E-state index >= 15 is 0 Å². The third-order valence-corrected chi connectivity index (χ3v) is 8.30. The molecular formula is C26H37ClN8O3S. The highest BCUT2D eigenvalue weighted by Gasteiger charge is 2.32. The van der Waals surface area contributed by atoms with E-state index in [0.29, 0.717) is 58.5 Å². The van der Waals surface area contributed by atoms with Gasteiger partial charge in [-0.2, -0.15) is 0 Å². The van der Waals surface area contributed by atoms with Crippen LogP contribution in [-0.4, -0.2) is 65.9 Å². The maximum absolute atomic E-state index is 13.3. The van der Waals surface area contributed by atoms with Gasteiger partial charge in [0.25, 0.3) is 0 Å². The van der Waals surface area contributed by atoms with Gasteiger partial charge in [0, 0.05) is 49.0 Å². The number of nitrogens with two attached hydrogens (primary N) is 3. The normalized spacial score (nSPS) is 21.4. The van der Waals surface area contributed by atoms with Gasteiger partial charge in [0.05, 0.1) is 11.1 Å². The fourth-order valence-electron chi connectivity index (χ4n) is 4.36. The molecule has 212 valence electrons. The maximum atomic E-state index is 13.3. The van der Waals surface area contributed by atoms with E-state index in [1.807, 2.05) is 12.1 Å². The van der Waals surface area contributed by atoms with E-state index < -0.39 is 24.0 Å². The monoisotopic (exact) mass is 576 g/mol. The average molecular weight is 577 g/mol. The summed E-state index contributed by atoms with van der Waals surface area (Å²) in [5.41, 5.74) is 19.9.